The van der Waals surface area contributed by atoms with Crippen LogP contribution in [0.4, 0.5) is 4.79 Å². The first-order valence-electron chi connectivity index (χ1n) is 7.18. The summed E-state index contributed by atoms with van der Waals surface area (Å²) in [4.78, 5) is 24.0. The highest BCUT2D eigenvalue weighted by molar-refractivity contribution is 6.07. The average molecular weight is 287 g/mol. The van der Waals surface area contributed by atoms with Crippen molar-refractivity contribution in [2.45, 2.75) is 45.6 Å². The molecule has 21 heavy (non-hydrogen) atoms. The monoisotopic (exact) mass is 287 g/mol. The molecular weight excluding hydrogens is 266 g/mol. The number of hydrogen-bond donors (Lipinski definition) is 1. The minimum Gasteiger partial charge on any atom is -0.322 e. The predicted molar refractivity (Wildman–Crippen MR) is 82.2 cm³/mol. The topological polar surface area (TPSA) is 61.8 Å². The average Bonchev–Trinajstić information content (AvgIpc) is 2.68. The van der Waals surface area contributed by atoms with E-state index >= 15 is 0 Å². The molecule has 5 heteroatoms. The first kappa shape index (κ1) is 15.2. The fourth-order valence-electron chi connectivity index (χ4n) is 2.10. The van der Waals surface area contributed by atoms with E-state index in [-0.39, 0.29) is 5.91 Å². The Bertz CT molecular complexity index is 578. The summed E-state index contributed by atoms with van der Waals surface area (Å²) in [5.74, 6) is 0.150. The number of urea groups is 1. The third-order valence-electron chi connectivity index (χ3n) is 3.87. The molecule has 1 atom stereocenters. The molecule has 112 valence electrons. The van der Waals surface area contributed by atoms with Gasteiger partial charge in [0.15, 0.2) is 0 Å². The van der Waals surface area contributed by atoms with Crippen molar-refractivity contribution in [3.63, 3.8) is 0 Å². The molecule has 0 aliphatic carbocycles. The van der Waals surface area contributed by atoms with Crippen molar-refractivity contribution in [3.05, 3.63) is 35.4 Å². The Labute approximate surface area is 125 Å². The molecular formula is C16H21N3O2. The quantitative estimate of drug-likeness (QED) is 0.683. The number of carbonyl (C=O) groups is 2. The van der Waals surface area contributed by atoms with Gasteiger partial charge in [0.05, 0.1) is 6.21 Å². The maximum atomic E-state index is 12.2. The van der Waals surface area contributed by atoms with E-state index in [2.05, 4.69) is 24.3 Å². The molecule has 1 aliphatic heterocycles. The Hall–Kier alpha value is -2.17. The summed E-state index contributed by atoms with van der Waals surface area (Å²) in [6.45, 7) is 7.82. The second-order valence-corrected chi connectivity index (χ2v) is 5.80. The number of nitrogens with zero attached hydrogens (tertiary/aromatic N) is 2. The fraction of sp³-hybridized carbons (Fsp3) is 0.438. The van der Waals surface area contributed by atoms with Crippen LogP contribution in [-0.2, 0) is 4.79 Å². The van der Waals surface area contributed by atoms with Crippen molar-refractivity contribution >= 4 is 18.2 Å². The van der Waals surface area contributed by atoms with Gasteiger partial charge in [-0.15, -0.1) is 5.01 Å². The molecule has 0 spiro atoms. The summed E-state index contributed by atoms with van der Waals surface area (Å²) in [6.07, 6.45) is 2.07. The highest BCUT2D eigenvalue weighted by atomic mass is 16.2. The fourth-order valence-corrected chi connectivity index (χ4v) is 2.10. The largest absolute Gasteiger partial charge is 0.346 e. The zero-order chi connectivity index (χ0) is 15.6. The molecule has 2 rings (SSSR count). The number of hydrogen-bond acceptors (Lipinski definition) is 3. The minimum atomic E-state index is -0.851. The number of amides is 3. The van der Waals surface area contributed by atoms with Crippen LogP contribution in [0.2, 0.25) is 0 Å². The maximum Gasteiger partial charge on any atom is 0.346 e. The maximum absolute atomic E-state index is 12.2. The van der Waals surface area contributed by atoms with Crippen LogP contribution >= 0.6 is 0 Å². The number of hydrazone groups is 1. The summed E-state index contributed by atoms with van der Waals surface area (Å²) in [7, 11) is 0. The molecule has 0 saturated carbocycles. The lowest BCUT2D eigenvalue weighted by Gasteiger charge is -2.17. The van der Waals surface area contributed by atoms with Crippen LogP contribution in [0.5, 0.6) is 0 Å². The van der Waals surface area contributed by atoms with Gasteiger partial charge in [-0.2, -0.15) is 5.10 Å². The van der Waals surface area contributed by atoms with Crippen LogP contribution in [0.25, 0.3) is 0 Å². The lowest BCUT2D eigenvalue weighted by Crippen LogP contribution is -2.42. The van der Waals surface area contributed by atoms with E-state index in [1.165, 1.54) is 11.8 Å². The SMILES string of the molecule is CCC1(C)NC(=O)N(/N=C/c2ccc(C(C)C)cc2)C1=O. The molecule has 1 N–H and O–H groups in total. The lowest BCUT2D eigenvalue weighted by atomic mass is 10.00. The molecule has 1 aliphatic rings. The minimum absolute atomic E-state index is 0.315. The summed E-state index contributed by atoms with van der Waals surface area (Å²) in [5.41, 5.74) is 1.24. The Kier molecular flexibility index (Phi) is 4.11. The van der Waals surface area contributed by atoms with Crippen molar-refractivity contribution < 1.29 is 9.59 Å². The number of carbonyl (C=O) groups excluding carboxylic acids is 2. The Balaban J connectivity index is 2.14. The number of benzene rings is 1. The van der Waals surface area contributed by atoms with Crippen LogP contribution in [0.3, 0.4) is 0 Å². The van der Waals surface area contributed by atoms with Gasteiger partial charge in [-0.05, 0) is 30.4 Å². The van der Waals surface area contributed by atoms with Gasteiger partial charge >= 0.3 is 6.03 Å². The second kappa shape index (κ2) is 5.68. The van der Waals surface area contributed by atoms with E-state index in [9.17, 15) is 9.59 Å². The number of nitrogens with one attached hydrogen (secondary N) is 1. The third kappa shape index (κ3) is 2.96. The summed E-state index contributed by atoms with van der Waals surface area (Å²) < 4.78 is 0. The molecule has 0 aromatic heterocycles. The van der Waals surface area contributed by atoms with Crippen molar-refractivity contribution in [3.8, 4) is 0 Å². The first-order chi connectivity index (χ1) is 9.87. The van der Waals surface area contributed by atoms with Gasteiger partial charge < -0.3 is 5.32 Å². The Morgan fingerprint density at radius 2 is 1.90 bits per heavy atom. The molecule has 1 unspecified atom stereocenters. The standard InChI is InChI=1S/C16H21N3O2/c1-5-16(4)14(20)19(15(21)18-16)17-10-12-6-8-13(9-7-12)11(2)3/h6-11H,5H2,1-4H3,(H,18,21)/b17-10+. The van der Waals surface area contributed by atoms with Crippen LogP contribution in [0.15, 0.2) is 29.4 Å². The molecule has 0 radical (unpaired) electrons. The van der Waals surface area contributed by atoms with Gasteiger partial charge in [0.25, 0.3) is 5.91 Å². The normalized spacial score (nSPS) is 22.4. The zero-order valence-electron chi connectivity index (χ0n) is 12.9. The first-order valence-corrected chi connectivity index (χ1v) is 7.18. The molecule has 1 fully saturated rings. The second-order valence-electron chi connectivity index (χ2n) is 5.80. The van der Waals surface area contributed by atoms with E-state index in [0.717, 1.165) is 10.6 Å². The molecule has 3 amide bonds. The van der Waals surface area contributed by atoms with Crippen LogP contribution in [0, 0.1) is 0 Å². The van der Waals surface area contributed by atoms with Gasteiger partial charge in [0.2, 0.25) is 0 Å². The summed E-state index contributed by atoms with van der Waals surface area (Å²) in [6, 6.07) is 7.42. The smallest absolute Gasteiger partial charge is 0.322 e. The van der Waals surface area contributed by atoms with Crippen molar-refractivity contribution in [1.82, 2.24) is 10.3 Å². The van der Waals surface area contributed by atoms with Gasteiger partial charge in [0.1, 0.15) is 5.54 Å². The number of rotatable bonds is 4. The number of imide groups is 1. The highest BCUT2D eigenvalue weighted by Gasteiger charge is 2.46. The van der Waals surface area contributed by atoms with E-state index in [0.29, 0.717) is 12.3 Å². The van der Waals surface area contributed by atoms with E-state index in [4.69, 9.17) is 0 Å². The molecule has 1 aromatic rings. The summed E-state index contributed by atoms with van der Waals surface area (Å²) in [5, 5.41) is 7.59. The molecule has 5 nitrogen and oxygen atoms in total. The third-order valence-corrected chi connectivity index (χ3v) is 3.87. The van der Waals surface area contributed by atoms with E-state index in [1.54, 1.807) is 6.92 Å². The predicted octanol–water partition coefficient (Wildman–Crippen LogP) is 2.86. The van der Waals surface area contributed by atoms with Crippen LogP contribution in [-0.4, -0.2) is 28.7 Å². The molecule has 1 saturated heterocycles. The molecule has 1 heterocycles. The Morgan fingerprint density at radius 3 is 2.38 bits per heavy atom. The zero-order valence-corrected chi connectivity index (χ0v) is 12.9. The van der Waals surface area contributed by atoms with Crippen LogP contribution in [0.1, 0.15) is 51.2 Å². The lowest BCUT2D eigenvalue weighted by molar-refractivity contribution is -0.130. The van der Waals surface area contributed by atoms with Crippen LogP contribution < -0.4 is 5.32 Å². The van der Waals surface area contributed by atoms with Gasteiger partial charge in [-0.3, -0.25) is 4.79 Å². The molecule has 1 aromatic carbocycles. The molecule has 0 bridgehead atoms. The van der Waals surface area contributed by atoms with Gasteiger partial charge in [0, 0.05) is 0 Å². The van der Waals surface area contributed by atoms with E-state index in [1.807, 2.05) is 31.2 Å². The van der Waals surface area contributed by atoms with E-state index < -0.39 is 11.6 Å². The van der Waals surface area contributed by atoms with Gasteiger partial charge in [-0.1, -0.05) is 45.0 Å². The highest BCUT2D eigenvalue weighted by Crippen LogP contribution is 2.21. The van der Waals surface area contributed by atoms with Crippen molar-refractivity contribution in [2.75, 3.05) is 0 Å². The van der Waals surface area contributed by atoms with Crippen molar-refractivity contribution in [2.24, 2.45) is 5.10 Å². The van der Waals surface area contributed by atoms with Gasteiger partial charge in [-0.25, -0.2) is 4.79 Å². The van der Waals surface area contributed by atoms with Crippen molar-refractivity contribution in [1.29, 1.82) is 0 Å². The summed E-state index contributed by atoms with van der Waals surface area (Å²) >= 11 is 0. The Morgan fingerprint density at radius 1 is 1.29 bits per heavy atom.